The molecule has 5 rings (SSSR count). The Bertz CT molecular complexity index is 1240. The van der Waals surface area contributed by atoms with Crippen LogP contribution in [0.3, 0.4) is 0 Å². The number of rotatable bonds is 6. The van der Waals surface area contributed by atoms with Gasteiger partial charge in [-0.3, -0.25) is 0 Å². The molecule has 30 heavy (non-hydrogen) atoms. The average Bonchev–Trinajstić information content (AvgIpc) is 3.37. The van der Waals surface area contributed by atoms with E-state index in [0.29, 0.717) is 12.5 Å². The first-order valence-electron chi connectivity index (χ1n) is 10.1. The Balaban J connectivity index is 1.41. The summed E-state index contributed by atoms with van der Waals surface area (Å²) in [6.07, 6.45) is 3.83. The van der Waals surface area contributed by atoms with Gasteiger partial charge < -0.3 is 24.9 Å². The maximum absolute atomic E-state index is 11.9. The summed E-state index contributed by atoms with van der Waals surface area (Å²) in [7, 11) is 3.82. The number of aromatic nitrogens is 4. The zero-order chi connectivity index (χ0) is 20.7. The minimum atomic E-state index is -0.361. The molecule has 0 radical (unpaired) electrons. The maximum atomic E-state index is 11.9. The van der Waals surface area contributed by atoms with E-state index >= 15 is 0 Å². The van der Waals surface area contributed by atoms with Gasteiger partial charge in [0.15, 0.2) is 5.82 Å². The molecule has 8 nitrogen and oxygen atoms in total. The van der Waals surface area contributed by atoms with Crippen LogP contribution < -0.4 is 10.6 Å². The average molecular weight is 404 g/mol. The number of aromatic amines is 1. The molecule has 0 spiro atoms. The van der Waals surface area contributed by atoms with E-state index in [2.05, 4.69) is 31.7 Å². The maximum Gasteiger partial charge on any atom is 0.407 e. The van der Waals surface area contributed by atoms with Crippen molar-refractivity contribution in [2.45, 2.75) is 19.4 Å². The molecule has 154 valence electrons. The minimum absolute atomic E-state index is 0.235. The largest absolute Gasteiger partial charge is 0.445 e. The predicted octanol–water partition coefficient (Wildman–Crippen LogP) is 3.79. The lowest BCUT2D eigenvalue weighted by molar-refractivity contribution is 0.139. The molecular weight excluding hydrogens is 380 g/mol. The second-order valence-electron chi connectivity index (χ2n) is 7.81. The van der Waals surface area contributed by atoms with Gasteiger partial charge in [0.1, 0.15) is 17.8 Å². The number of carbonyl (C=O) groups excluding carboxylic acids is 1. The Kier molecular flexibility index (Phi) is 4.54. The number of nitrogens with zero attached hydrogens (tertiary/aromatic N) is 3. The van der Waals surface area contributed by atoms with Gasteiger partial charge in [-0.15, -0.1) is 0 Å². The SMILES string of the molecule is CNc1nc2[nH]c(-c3cccc(COC(=O)NCC4CC4)c3)cc2c2c1ncn2C. The molecule has 0 saturated heterocycles. The molecule has 3 N–H and O–H groups in total. The van der Waals surface area contributed by atoms with Gasteiger partial charge in [0, 0.05) is 31.7 Å². The van der Waals surface area contributed by atoms with Crippen molar-refractivity contribution < 1.29 is 9.53 Å². The Morgan fingerprint density at radius 3 is 3.00 bits per heavy atom. The number of hydrogen-bond donors (Lipinski definition) is 3. The van der Waals surface area contributed by atoms with Gasteiger partial charge in [0.05, 0.1) is 11.8 Å². The summed E-state index contributed by atoms with van der Waals surface area (Å²) in [5.74, 6) is 1.37. The summed E-state index contributed by atoms with van der Waals surface area (Å²) in [4.78, 5) is 24.4. The van der Waals surface area contributed by atoms with Crippen molar-refractivity contribution in [3.63, 3.8) is 0 Å². The van der Waals surface area contributed by atoms with E-state index in [1.54, 1.807) is 6.33 Å². The van der Waals surface area contributed by atoms with Gasteiger partial charge in [-0.25, -0.2) is 14.8 Å². The molecule has 1 fully saturated rings. The molecule has 8 heteroatoms. The van der Waals surface area contributed by atoms with E-state index in [-0.39, 0.29) is 12.7 Å². The second kappa shape index (κ2) is 7.37. The number of carbonyl (C=O) groups is 1. The number of ether oxygens (including phenoxy) is 1. The van der Waals surface area contributed by atoms with Crippen LogP contribution in [0.1, 0.15) is 18.4 Å². The molecule has 3 heterocycles. The highest BCUT2D eigenvalue weighted by Gasteiger charge is 2.22. The van der Waals surface area contributed by atoms with E-state index in [1.807, 2.05) is 42.9 Å². The number of H-pyrrole nitrogens is 1. The van der Waals surface area contributed by atoms with E-state index < -0.39 is 0 Å². The summed E-state index contributed by atoms with van der Waals surface area (Å²) in [6.45, 7) is 0.941. The highest BCUT2D eigenvalue weighted by atomic mass is 16.5. The number of hydrogen-bond acceptors (Lipinski definition) is 5. The molecule has 3 aromatic heterocycles. The highest BCUT2D eigenvalue weighted by molar-refractivity contribution is 6.07. The fourth-order valence-electron chi connectivity index (χ4n) is 3.71. The normalized spacial score (nSPS) is 13.7. The molecule has 0 atom stereocenters. The number of fused-ring (bicyclic) bond motifs is 3. The fourth-order valence-corrected chi connectivity index (χ4v) is 3.71. The summed E-state index contributed by atoms with van der Waals surface area (Å²) in [6, 6.07) is 10.1. The lowest BCUT2D eigenvalue weighted by Crippen LogP contribution is -2.26. The van der Waals surface area contributed by atoms with Crippen LogP contribution in [-0.2, 0) is 18.4 Å². The number of alkyl carbamates (subject to hydrolysis) is 1. The lowest BCUT2D eigenvalue weighted by atomic mass is 10.1. The van der Waals surface area contributed by atoms with Crippen molar-refractivity contribution in [3.05, 3.63) is 42.2 Å². The monoisotopic (exact) mass is 404 g/mol. The quantitative estimate of drug-likeness (QED) is 0.454. The Labute approximate surface area is 173 Å². The van der Waals surface area contributed by atoms with Gasteiger partial charge in [-0.2, -0.15) is 0 Å². The van der Waals surface area contributed by atoms with Crippen LogP contribution in [-0.4, -0.2) is 39.2 Å². The number of benzene rings is 1. The fraction of sp³-hybridized carbons (Fsp3) is 0.318. The van der Waals surface area contributed by atoms with Crippen LogP contribution in [0, 0.1) is 5.92 Å². The first-order chi connectivity index (χ1) is 14.6. The highest BCUT2D eigenvalue weighted by Crippen LogP contribution is 2.32. The predicted molar refractivity (Wildman–Crippen MR) is 116 cm³/mol. The van der Waals surface area contributed by atoms with Crippen LogP contribution in [0.2, 0.25) is 0 Å². The number of aryl methyl sites for hydroxylation is 1. The third-order valence-corrected chi connectivity index (χ3v) is 5.51. The van der Waals surface area contributed by atoms with Crippen LogP contribution in [0.25, 0.3) is 33.3 Å². The van der Waals surface area contributed by atoms with Crippen molar-refractivity contribution in [3.8, 4) is 11.3 Å². The van der Waals surface area contributed by atoms with Gasteiger partial charge in [0.25, 0.3) is 0 Å². The van der Waals surface area contributed by atoms with E-state index in [0.717, 1.165) is 44.7 Å². The molecule has 1 amide bonds. The lowest BCUT2D eigenvalue weighted by Gasteiger charge is -2.07. The first kappa shape index (κ1) is 18.5. The third-order valence-electron chi connectivity index (χ3n) is 5.51. The van der Waals surface area contributed by atoms with Crippen LogP contribution >= 0.6 is 0 Å². The number of imidazole rings is 1. The van der Waals surface area contributed by atoms with Gasteiger partial charge in [0.2, 0.25) is 0 Å². The van der Waals surface area contributed by atoms with Gasteiger partial charge >= 0.3 is 6.09 Å². The number of nitrogens with one attached hydrogen (secondary N) is 3. The molecular formula is C22H24N6O2. The molecule has 1 aliphatic carbocycles. The molecule has 1 aromatic carbocycles. The first-order valence-corrected chi connectivity index (χ1v) is 10.1. The second-order valence-corrected chi connectivity index (χ2v) is 7.81. The summed E-state index contributed by atoms with van der Waals surface area (Å²) in [5, 5.41) is 6.95. The van der Waals surface area contributed by atoms with Gasteiger partial charge in [-0.05, 0) is 42.0 Å². The summed E-state index contributed by atoms with van der Waals surface area (Å²) < 4.78 is 7.36. The summed E-state index contributed by atoms with van der Waals surface area (Å²) in [5.41, 5.74) is 5.56. The number of pyridine rings is 1. The Morgan fingerprint density at radius 1 is 1.33 bits per heavy atom. The topological polar surface area (TPSA) is 96.9 Å². The molecule has 1 aliphatic rings. The van der Waals surface area contributed by atoms with Crippen molar-refractivity contribution in [2.24, 2.45) is 13.0 Å². The van der Waals surface area contributed by atoms with Crippen molar-refractivity contribution >= 4 is 34.0 Å². The zero-order valence-corrected chi connectivity index (χ0v) is 17.0. The van der Waals surface area contributed by atoms with Gasteiger partial charge in [-0.1, -0.05) is 18.2 Å². The zero-order valence-electron chi connectivity index (χ0n) is 17.0. The third kappa shape index (κ3) is 3.45. The van der Waals surface area contributed by atoms with Crippen LogP contribution in [0.5, 0.6) is 0 Å². The van der Waals surface area contributed by atoms with Crippen molar-refractivity contribution in [2.75, 3.05) is 18.9 Å². The number of anilines is 1. The smallest absolute Gasteiger partial charge is 0.407 e. The standard InChI is InChI=1S/C22H24N6O2/c1-23-21-18-19(28(2)12-25-18)16-9-17(26-20(16)27-21)15-5-3-4-14(8-15)11-30-22(29)24-10-13-6-7-13/h3-5,8-9,12-13H,6-7,10-11H2,1-2H3,(H,24,29)(H2,23,26,27). The number of amides is 1. The van der Waals surface area contributed by atoms with Crippen molar-refractivity contribution in [1.82, 2.24) is 24.8 Å². The minimum Gasteiger partial charge on any atom is -0.445 e. The Hall–Kier alpha value is -3.55. The molecule has 0 unspecified atom stereocenters. The van der Waals surface area contributed by atoms with E-state index in [4.69, 9.17) is 4.74 Å². The molecule has 4 aromatic rings. The van der Waals surface area contributed by atoms with Crippen LogP contribution in [0.4, 0.5) is 10.6 Å². The molecule has 0 aliphatic heterocycles. The Morgan fingerprint density at radius 2 is 2.20 bits per heavy atom. The van der Waals surface area contributed by atoms with E-state index in [1.165, 1.54) is 12.8 Å². The van der Waals surface area contributed by atoms with Crippen molar-refractivity contribution in [1.29, 1.82) is 0 Å². The molecule has 1 saturated carbocycles. The van der Waals surface area contributed by atoms with Crippen LogP contribution in [0.15, 0.2) is 36.7 Å². The van der Waals surface area contributed by atoms with E-state index in [9.17, 15) is 4.79 Å². The molecule has 0 bridgehead atoms. The summed E-state index contributed by atoms with van der Waals surface area (Å²) >= 11 is 0.